The molecule has 1 aliphatic heterocycles. The second kappa shape index (κ2) is 10.3. The van der Waals surface area contributed by atoms with Crippen LogP contribution in [0.25, 0.3) is 0 Å². The smallest absolute Gasteiger partial charge is 0.238 e. The molecule has 31 heavy (non-hydrogen) atoms. The first-order chi connectivity index (χ1) is 15.2. The van der Waals surface area contributed by atoms with Crippen LogP contribution in [0.4, 0.5) is 5.69 Å². The first-order valence-corrected chi connectivity index (χ1v) is 11.2. The van der Waals surface area contributed by atoms with E-state index in [1.54, 1.807) is 18.4 Å². The number of benzene rings is 2. The van der Waals surface area contributed by atoms with Crippen molar-refractivity contribution in [3.8, 4) is 17.2 Å². The Morgan fingerprint density at radius 3 is 2.71 bits per heavy atom. The Balaban J connectivity index is 1.45. The van der Waals surface area contributed by atoms with Crippen molar-refractivity contribution in [3.63, 3.8) is 0 Å². The van der Waals surface area contributed by atoms with E-state index in [9.17, 15) is 4.79 Å². The van der Waals surface area contributed by atoms with Gasteiger partial charge in [0.15, 0.2) is 11.5 Å². The van der Waals surface area contributed by atoms with Gasteiger partial charge in [0.25, 0.3) is 0 Å². The van der Waals surface area contributed by atoms with Crippen LogP contribution in [0.3, 0.4) is 0 Å². The first-order valence-electron chi connectivity index (χ1n) is 10.3. The quantitative estimate of drug-likeness (QED) is 0.559. The van der Waals surface area contributed by atoms with E-state index in [0.29, 0.717) is 43.5 Å². The maximum Gasteiger partial charge on any atom is 0.238 e. The van der Waals surface area contributed by atoms with Crippen LogP contribution in [0.1, 0.15) is 16.9 Å². The summed E-state index contributed by atoms with van der Waals surface area (Å²) in [6.07, 6.45) is 0.844. The van der Waals surface area contributed by atoms with Crippen molar-refractivity contribution in [2.45, 2.75) is 19.5 Å². The van der Waals surface area contributed by atoms with Crippen molar-refractivity contribution in [2.75, 3.05) is 32.2 Å². The number of amides is 1. The highest BCUT2D eigenvalue weighted by Gasteiger charge is 2.16. The lowest BCUT2D eigenvalue weighted by Gasteiger charge is -2.22. The summed E-state index contributed by atoms with van der Waals surface area (Å²) < 4.78 is 16.9. The molecule has 0 unspecified atom stereocenters. The van der Waals surface area contributed by atoms with Crippen LogP contribution >= 0.6 is 11.3 Å². The molecule has 2 heterocycles. The number of para-hydroxylation sites is 1. The maximum absolute atomic E-state index is 12.9. The van der Waals surface area contributed by atoms with Gasteiger partial charge in [-0.25, -0.2) is 0 Å². The van der Waals surface area contributed by atoms with E-state index in [1.807, 2.05) is 48.5 Å². The average Bonchev–Trinajstić information content (AvgIpc) is 3.17. The molecule has 0 saturated heterocycles. The number of hydrogen-bond donors (Lipinski definition) is 1. The van der Waals surface area contributed by atoms with Crippen LogP contribution in [0, 0.1) is 0 Å². The number of nitrogens with zero attached hydrogens (tertiary/aromatic N) is 1. The highest BCUT2D eigenvalue weighted by atomic mass is 32.1. The molecule has 0 bridgehead atoms. The second-order valence-electron chi connectivity index (χ2n) is 7.30. The summed E-state index contributed by atoms with van der Waals surface area (Å²) in [5.41, 5.74) is 1.74. The van der Waals surface area contributed by atoms with Gasteiger partial charge in [0, 0.05) is 41.7 Å². The molecule has 1 amide bonds. The summed E-state index contributed by atoms with van der Waals surface area (Å²) in [4.78, 5) is 16.2. The molecule has 1 N–H and O–H groups in total. The van der Waals surface area contributed by atoms with Crippen molar-refractivity contribution in [1.82, 2.24) is 4.90 Å². The Kier molecular flexibility index (Phi) is 7.07. The summed E-state index contributed by atoms with van der Waals surface area (Å²) in [7, 11) is 1.67. The van der Waals surface area contributed by atoms with Gasteiger partial charge in [0.1, 0.15) is 5.75 Å². The molecule has 162 valence electrons. The number of methoxy groups -OCH3 is 1. The molecule has 0 saturated carbocycles. The van der Waals surface area contributed by atoms with Gasteiger partial charge in [0.2, 0.25) is 5.91 Å². The molecule has 0 atom stereocenters. The van der Waals surface area contributed by atoms with E-state index in [4.69, 9.17) is 14.2 Å². The van der Waals surface area contributed by atoms with Crippen molar-refractivity contribution in [2.24, 2.45) is 0 Å². The summed E-state index contributed by atoms with van der Waals surface area (Å²) in [6, 6.07) is 17.5. The van der Waals surface area contributed by atoms with Crippen LogP contribution in [-0.4, -0.2) is 37.7 Å². The SMILES string of the molecule is COc1ccccc1CN(CC(=O)Nc1ccc2c(c1)OCCCO2)Cc1cccs1. The fraction of sp³-hybridized carbons (Fsp3) is 0.292. The molecule has 4 rings (SSSR count). The molecule has 0 radical (unpaired) electrons. The maximum atomic E-state index is 12.9. The van der Waals surface area contributed by atoms with Gasteiger partial charge in [-0.3, -0.25) is 9.69 Å². The lowest BCUT2D eigenvalue weighted by molar-refractivity contribution is -0.117. The number of thiophene rings is 1. The van der Waals surface area contributed by atoms with Gasteiger partial charge in [-0.1, -0.05) is 24.3 Å². The van der Waals surface area contributed by atoms with Gasteiger partial charge < -0.3 is 19.5 Å². The number of carbonyl (C=O) groups excluding carboxylic acids is 1. The number of rotatable bonds is 8. The Bertz CT molecular complexity index is 1010. The monoisotopic (exact) mass is 438 g/mol. The number of carbonyl (C=O) groups is 1. The van der Waals surface area contributed by atoms with Gasteiger partial charge in [0.05, 0.1) is 26.9 Å². The minimum absolute atomic E-state index is 0.0825. The molecule has 1 aromatic heterocycles. The zero-order valence-electron chi connectivity index (χ0n) is 17.5. The third-order valence-electron chi connectivity index (χ3n) is 4.94. The van der Waals surface area contributed by atoms with Crippen molar-refractivity contribution < 1.29 is 19.0 Å². The molecule has 6 nitrogen and oxygen atoms in total. The van der Waals surface area contributed by atoms with Crippen molar-refractivity contribution in [1.29, 1.82) is 0 Å². The molecule has 0 fully saturated rings. The highest BCUT2D eigenvalue weighted by molar-refractivity contribution is 7.09. The number of ether oxygens (including phenoxy) is 3. The van der Waals surface area contributed by atoms with E-state index in [0.717, 1.165) is 17.7 Å². The summed E-state index contributed by atoms with van der Waals surface area (Å²) >= 11 is 1.69. The molecule has 0 aliphatic carbocycles. The van der Waals surface area contributed by atoms with Gasteiger partial charge >= 0.3 is 0 Å². The summed E-state index contributed by atoms with van der Waals surface area (Å²) in [5.74, 6) is 2.12. The van der Waals surface area contributed by atoms with Gasteiger partial charge in [-0.05, 0) is 29.6 Å². The number of nitrogens with one attached hydrogen (secondary N) is 1. The van der Waals surface area contributed by atoms with Gasteiger partial charge in [-0.2, -0.15) is 0 Å². The zero-order valence-corrected chi connectivity index (χ0v) is 18.3. The van der Waals surface area contributed by atoms with Crippen LogP contribution in [-0.2, 0) is 17.9 Å². The standard InChI is InChI=1S/C24H26N2O4S/c1-28-21-8-3-2-6-18(21)15-26(16-20-7-4-13-31-20)17-24(27)25-19-9-10-22-23(14-19)30-12-5-11-29-22/h2-4,6-10,13-14H,5,11-12,15-17H2,1H3,(H,25,27). The van der Waals surface area contributed by atoms with Crippen LogP contribution in [0.2, 0.25) is 0 Å². The lowest BCUT2D eigenvalue weighted by atomic mass is 10.2. The van der Waals surface area contributed by atoms with E-state index in [2.05, 4.69) is 21.7 Å². The topological polar surface area (TPSA) is 60.0 Å². The molecule has 1 aliphatic rings. The van der Waals surface area contributed by atoms with E-state index in [-0.39, 0.29) is 12.5 Å². The first kappa shape index (κ1) is 21.2. The second-order valence-corrected chi connectivity index (χ2v) is 8.33. The molecular weight excluding hydrogens is 412 g/mol. The molecular formula is C24H26N2O4S. The van der Waals surface area contributed by atoms with Crippen LogP contribution in [0.5, 0.6) is 17.2 Å². The normalized spacial score (nSPS) is 13.0. The Hall–Kier alpha value is -3.03. The average molecular weight is 439 g/mol. The molecule has 2 aromatic carbocycles. The predicted octanol–water partition coefficient (Wildman–Crippen LogP) is 4.56. The number of fused-ring (bicyclic) bond motifs is 1. The fourth-order valence-electron chi connectivity index (χ4n) is 3.51. The minimum atomic E-state index is -0.0825. The largest absolute Gasteiger partial charge is 0.496 e. The van der Waals surface area contributed by atoms with Crippen molar-refractivity contribution in [3.05, 3.63) is 70.4 Å². The van der Waals surface area contributed by atoms with Gasteiger partial charge in [-0.15, -0.1) is 11.3 Å². The Morgan fingerprint density at radius 2 is 1.90 bits per heavy atom. The van der Waals surface area contributed by atoms with Crippen LogP contribution in [0.15, 0.2) is 60.0 Å². The lowest BCUT2D eigenvalue weighted by Crippen LogP contribution is -2.32. The number of anilines is 1. The fourth-order valence-corrected chi connectivity index (χ4v) is 4.26. The third-order valence-corrected chi connectivity index (χ3v) is 5.81. The van der Waals surface area contributed by atoms with E-state index < -0.39 is 0 Å². The summed E-state index contributed by atoms with van der Waals surface area (Å²) in [5, 5.41) is 5.04. The highest BCUT2D eigenvalue weighted by Crippen LogP contribution is 2.32. The van der Waals surface area contributed by atoms with E-state index in [1.165, 1.54) is 4.88 Å². The van der Waals surface area contributed by atoms with E-state index >= 15 is 0 Å². The van der Waals surface area contributed by atoms with Crippen molar-refractivity contribution >= 4 is 22.9 Å². The van der Waals surface area contributed by atoms with Crippen LogP contribution < -0.4 is 19.5 Å². The molecule has 0 spiro atoms. The Labute approximate surface area is 186 Å². The predicted molar refractivity (Wildman–Crippen MR) is 122 cm³/mol. The molecule has 7 heteroatoms. The third kappa shape index (κ3) is 5.77. The minimum Gasteiger partial charge on any atom is -0.496 e. The summed E-state index contributed by atoms with van der Waals surface area (Å²) in [6.45, 7) is 2.79. The molecule has 3 aromatic rings. The zero-order chi connectivity index (χ0) is 21.5. The number of hydrogen-bond acceptors (Lipinski definition) is 6. The Morgan fingerprint density at radius 1 is 1.06 bits per heavy atom.